The number of amides is 1. The highest BCUT2D eigenvalue weighted by atomic mass is 16.5. The zero-order chi connectivity index (χ0) is 23.2. The van der Waals surface area contributed by atoms with Gasteiger partial charge in [0.15, 0.2) is 5.65 Å². The van der Waals surface area contributed by atoms with Gasteiger partial charge in [-0.15, -0.1) is 0 Å². The molecular weight excluding hydrogens is 434 g/mol. The van der Waals surface area contributed by atoms with Gasteiger partial charge in [0, 0.05) is 50.2 Å². The Kier molecular flexibility index (Phi) is 5.19. The Morgan fingerprint density at radius 3 is 2.91 bits per heavy atom. The lowest BCUT2D eigenvalue weighted by molar-refractivity contribution is 0.00732. The third-order valence-electron chi connectivity index (χ3n) is 6.97. The zero-order valence-corrected chi connectivity index (χ0v) is 19.2. The van der Waals surface area contributed by atoms with Gasteiger partial charge in [0.05, 0.1) is 36.7 Å². The fourth-order valence-electron chi connectivity index (χ4n) is 4.91. The van der Waals surface area contributed by atoms with E-state index < -0.39 is 0 Å². The van der Waals surface area contributed by atoms with E-state index in [1.165, 1.54) is 0 Å². The van der Waals surface area contributed by atoms with Crippen LogP contribution in [0.2, 0.25) is 0 Å². The predicted molar refractivity (Wildman–Crippen MR) is 127 cm³/mol. The number of methoxy groups -OCH3 is 1. The number of ether oxygens (including phenoxy) is 2. The lowest BCUT2D eigenvalue weighted by Crippen LogP contribution is -2.51. The minimum Gasteiger partial charge on any atom is -0.379 e. The van der Waals surface area contributed by atoms with Crippen LogP contribution in [0.15, 0.2) is 36.8 Å². The molecule has 0 bridgehead atoms. The normalized spacial score (nSPS) is 22.2. The molecule has 1 amide bonds. The van der Waals surface area contributed by atoms with Crippen molar-refractivity contribution in [3.8, 4) is 11.3 Å². The summed E-state index contributed by atoms with van der Waals surface area (Å²) in [5.41, 5.74) is 3.55. The number of carbonyl (C=O) groups excluding carboxylic acids is 1. The molecule has 34 heavy (non-hydrogen) atoms. The van der Waals surface area contributed by atoms with Crippen LogP contribution in [0.4, 0.5) is 5.82 Å². The van der Waals surface area contributed by atoms with Gasteiger partial charge in [-0.3, -0.25) is 4.79 Å². The first-order valence-corrected chi connectivity index (χ1v) is 11.6. The third-order valence-corrected chi connectivity index (χ3v) is 6.97. The second-order valence-electron chi connectivity index (χ2n) is 8.84. The van der Waals surface area contributed by atoms with Crippen molar-refractivity contribution < 1.29 is 14.3 Å². The van der Waals surface area contributed by atoms with E-state index in [1.54, 1.807) is 24.0 Å². The van der Waals surface area contributed by atoms with Crippen molar-refractivity contribution in [2.75, 3.05) is 32.7 Å². The van der Waals surface area contributed by atoms with E-state index in [0.29, 0.717) is 17.8 Å². The largest absolute Gasteiger partial charge is 0.379 e. The molecule has 6 rings (SSSR count). The molecule has 2 fully saturated rings. The molecule has 1 saturated heterocycles. The van der Waals surface area contributed by atoms with Crippen LogP contribution in [0.1, 0.15) is 35.7 Å². The molecule has 176 valence electrons. The highest BCUT2D eigenvalue weighted by molar-refractivity contribution is 6.01. The Bertz CT molecular complexity index is 1370. The summed E-state index contributed by atoms with van der Waals surface area (Å²) in [6, 6.07) is 6.19. The van der Waals surface area contributed by atoms with Crippen LogP contribution in [0, 0.1) is 0 Å². The van der Waals surface area contributed by atoms with Crippen molar-refractivity contribution in [3.63, 3.8) is 0 Å². The molecule has 1 saturated carbocycles. The molecular formula is C24H27N7O3. The van der Waals surface area contributed by atoms with Gasteiger partial charge >= 0.3 is 0 Å². The molecule has 1 unspecified atom stereocenters. The topological polar surface area (TPSA) is 108 Å². The SMILES string of the molecule is CNc1cc(-c2cn([C@H]3CCOC3)c3ncccc23)nc2c(C(=O)NC3CC[C@@H]3OC)cnn12. The highest BCUT2D eigenvalue weighted by Gasteiger charge is 2.33. The van der Waals surface area contributed by atoms with E-state index in [9.17, 15) is 4.79 Å². The predicted octanol–water partition coefficient (Wildman–Crippen LogP) is 2.66. The Balaban J connectivity index is 1.45. The lowest BCUT2D eigenvalue weighted by Gasteiger charge is -2.35. The summed E-state index contributed by atoms with van der Waals surface area (Å²) < 4.78 is 14.9. The zero-order valence-electron chi connectivity index (χ0n) is 19.2. The van der Waals surface area contributed by atoms with Gasteiger partial charge in [-0.1, -0.05) is 0 Å². The Morgan fingerprint density at radius 1 is 1.26 bits per heavy atom. The summed E-state index contributed by atoms with van der Waals surface area (Å²) >= 11 is 0. The summed E-state index contributed by atoms with van der Waals surface area (Å²) in [5.74, 6) is 0.548. The molecule has 0 spiro atoms. The van der Waals surface area contributed by atoms with Gasteiger partial charge < -0.3 is 24.7 Å². The Hall–Kier alpha value is -3.50. The van der Waals surface area contributed by atoms with Crippen molar-refractivity contribution in [1.82, 2.24) is 29.5 Å². The number of carbonyl (C=O) groups is 1. The number of anilines is 1. The number of nitrogens with zero attached hydrogens (tertiary/aromatic N) is 5. The van der Waals surface area contributed by atoms with Gasteiger partial charge in [0.1, 0.15) is 17.0 Å². The number of hydrogen-bond donors (Lipinski definition) is 2. The highest BCUT2D eigenvalue weighted by Crippen LogP contribution is 2.34. The molecule has 1 aliphatic carbocycles. The molecule has 1 aliphatic heterocycles. The summed E-state index contributed by atoms with van der Waals surface area (Å²) in [6.07, 6.45) is 8.34. The van der Waals surface area contributed by atoms with Crippen LogP contribution in [0.25, 0.3) is 27.9 Å². The smallest absolute Gasteiger partial charge is 0.257 e. The lowest BCUT2D eigenvalue weighted by atomic mass is 9.89. The minimum atomic E-state index is -0.194. The fourth-order valence-corrected chi connectivity index (χ4v) is 4.91. The standard InChI is InChI=1S/C24H27N7O3/c1-25-21-10-19(17-12-30(14-7-9-34-13-14)22-15(17)4-3-8-26-22)28-23-16(11-27-31(21)23)24(32)29-18-5-6-20(18)33-2/h3-4,8,10-12,14,18,20,25H,5-7,9,13H2,1-2H3,(H,29,32)/t14-,18?,20-/m0/s1. The second-order valence-corrected chi connectivity index (χ2v) is 8.84. The van der Waals surface area contributed by atoms with Crippen molar-refractivity contribution in [2.24, 2.45) is 0 Å². The van der Waals surface area contributed by atoms with Crippen molar-refractivity contribution in [1.29, 1.82) is 0 Å². The van der Waals surface area contributed by atoms with Gasteiger partial charge in [0.2, 0.25) is 0 Å². The summed E-state index contributed by atoms with van der Waals surface area (Å²) in [4.78, 5) is 22.7. The number of hydrogen-bond acceptors (Lipinski definition) is 7. The maximum atomic E-state index is 13.1. The minimum absolute atomic E-state index is 0.0112. The molecule has 2 aliphatic rings. The molecule has 4 aromatic heterocycles. The average Bonchev–Trinajstić information content (AvgIpc) is 3.59. The Morgan fingerprint density at radius 2 is 2.18 bits per heavy atom. The molecule has 2 N–H and O–H groups in total. The molecule has 4 aromatic rings. The third kappa shape index (κ3) is 3.33. The van der Waals surface area contributed by atoms with E-state index in [2.05, 4.69) is 37.5 Å². The van der Waals surface area contributed by atoms with Gasteiger partial charge in [-0.25, -0.2) is 9.97 Å². The average molecular weight is 462 g/mol. The van der Waals surface area contributed by atoms with E-state index >= 15 is 0 Å². The number of pyridine rings is 1. The quantitative estimate of drug-likeness (QED) is 0.455. The Labute approximate surface area is 196 Å². The fraction of sp³-hybridized carbons (Fsp3) is 0.417. The van der Waals surface area contributed by atoms with E-state index in [-0.39, 0.29) is 24.1 Å². The first-order chi connectivity index (χ1) is 16.7. The van der Waals surface area contributed by atoms with Crippen LogP contribution < -0.4 is 10.6 Å². The van der Waals surface area contributed by atoms with Crippen LogP contribution >= 0.6 is 0 Å². The molecule has 3 atom stereocenters. The summed E-state index contributed by atoms with van der Waals surface area (Å²) in [7, 11) is 3.51. The van der Waals surface area contributed by atoms with Gasteiger partial charge in [-0.05, 0) is 31.4 Å². The van der Waals surface area contributed by atoms with Crippen LogP contribution in [-0.4, -0.2) is 69.6 Å². The first-order valence-electron chi connectivity index (χ1n) is 11.6. The number of nitrogens with one attached hydrogen (secondary N) is 2. The number of fused-ring (bicyclic) bond motifs is 2. The van der Waals surface area contributed by atoms with Gasteiger partial charge in [0.25, 0.3) is 5.91 Å². The molecule has 10 nitrogen and oxygen atoms in total. The van der Waals surface area contributed by atoms with Crippen molar-refractivity contribution >= 4 is 28.4 Å². The van der Waals surface area contributed by atoms with Crippen LogP contribution in [0.5, 0.6) is 0 Å². The maximum Gasteiger partial charge on any atom is 0.257 e. The first kappa shape index (κ1) is 21.1. The van der Waals surface area contributed by atoms with Crippen molar-refractivity contribution in [3.05, 3.63) is 42.4 Å². The van der Waals surface area contributed by atoms with Crippen LogP contribution in [0.3, 0.4) is 0 Å². The van der Waals surface area contributed by atoms with E-state index in [1.807, 2.05) is 19.2 Å². The molecule has 0 aromatic carbocycles. The number of aromatic nitrogens is 5. The maximum absolute atomic E-state index is 13.1. The van der Waals surface area contributed by atoms with Crippen molar-refractivity contribution in [2.45, 2.75) is 37.5 Å². The molecule has 0 radical (unpaired) electrons. The monoisotopic (exact) mass is 461 g/mol. The summed E-state index contributed by atoms with van der Waals surface area (Å²) in [6.45, 7) is 1.42. The summed E-state index contributed by atoms with van der Waals surface area (Å²) in [5, 5.41) is 11.7. The van der Waals surface area contributed by atoms with E-state index in [4.69, 9.17) is 14.5 Å². The molecule has 5 heterocycles. The molecule has 10 heteroatoms. The van der Waals surface area contributed by atoms with Crippen LogP contribution in [-0.2, 0) is 9.47 Å². The second kappa shape index (κ2) is 8.37. The van der Waals surface area contributed by atoms with E-state index in [0.717, 1.165) is 54.0 Å². The van der Waals surface area contributed by atoms with Gasteiger partial charge in [-0.2, -0.15) is 9.61 Å². The number of rotatable bonds is 6.